The number of fused-ring (bicyclic) bond motifs is 1. The predicted molar refractivity (Wildman–Crippen MR) is 70.6 cm³/mol. The second-order valence-corrected chi connectivity index (χ2v) is 4.86. The van der Waals surface area contributed by atoms with E-state index in [4.69, 9.17) is 0 Å². The number of carbonyl (C=O) groups is 2. The number of amides is 1. The average molecular weight is 245 g/mol. The third-order valence-electron chi connectivity index (χ3n) is 3.37. The molecule has 0 fully saturated rings. The van der Waals surface area contributed by atoms with E-state index in [0.29, 0.717) is 13.0 Å². The molecule has 3 nitrogen and oxygen atoms in total. The van der Waals surface area contributed by atoms with E-state index >= 15 is 0 Å². The summed E-state index contributed by atoms with van der Waals surface area (Å²) in [6, 6.07) is 7.83. The highest BCUT2D eigenvalue weighted by Gasteiger charge is 2.21. The van der Waals surface area contributed by atoms with Crippen LogP contribution in [-0.4, -0.2) is 29.7 Å². The fourth-order valence-corrected chi connectivity index (χ4v) is 2.41. The Kier molecular flexibility index (Phi) is 4.13. The first kappa shape index (κ1) is 12.8. The van der Waals surface area contributed by atoms with Crippen LogP contribution in [0.25, 0.3) is 0 Å². The van der Waals surface area contributed by atoms with Crippen molar-refractivity contribution in [1.82, 2.24) is 4.90 Å². The van der Waals surface area contributed by atoms with Gasteiger partial charge in [-0.15, -0.1) is 0 Å². The van der Waals surface area contributed by atoms with Crippen LogP contribution in [0.15, 0.2) is 24.3 Å². The van der Waals surface area contributed by atoms with E-state index in [2.05, 4.69) is 0 Å². The van der Waals surface area contributed by atoms with E-state index in [1.54, 1.807) is 6.92 Å². The monoisotopic (exact) mass is 245 g/mol. The van der Waals surface area contributed by atoms with Crippen LogP contribution in [-0.2, 0) is 11.2 Å². The second kappa shape index (κ2) is 5.80. The molecule has 0 aromatic heterocycles. The van der Waals surface area contributed by atoms with Crippen molar-refractivity contribution >= 4 is 11.7 Å². The lowest BCUT2D eigenvalue weighted by Gasteiger charge is -2.20. The molecule has 3 heteroatoms. The van der Waals surface area contributed by atoms with E-state index in [-0.39, 0.29) is 11.7 Å². The quantitative estimate of drug-likeness (QED) is 0.817. The standard InChI is InChI=1S/C15H19NO2/c1-12(17)6-4-10-16-11-5-8-13-7-2-3-9-14(13)15(16)18/h2-3,7,9H,4-6,8,10-11H2,1H3. The third-order valence-corrected chi connectivity index (χ3v) is 3.37. The normalized spacial score (nSPS) is 15.2. The van der Waals surface area contributed by atoms with E-state index in [0.717, 1.165) is 36.9 Å². The molecule has 0 saturated carbocycles. The van der Waals surface area contributed by atoms with Crippen LogP contribution < -0.4 is 0 Å². The predicted octanol–water partition coefficient (Wildman–Crippen LogP) is 2.44. The van der Waals surface area contributed by atoms with Gasteiger partial charge in [0.05, 0.1) is 0 Å². The average Bonchev–Trinajstić information content (AvgIpc) is 2.50. The summed E-state index contributed by atoms with van der Waals surface area (Å²) in [4.78, 5) is 25.2. The number of aryl methyl sites for hydroxylation is 1. The van der Waals surface area contributed by atoms with E-state index in [1.165, 1.54) is 0 Å². The number of carbonyl (C=O) groups excluding carboxylic acids is 2. The number of ketones is 1. The molecule has 1 aromatic carbocycles. The van der Waals surface area contributed by atoms with Crippen molar-refractivity contribution < 1.29 is 9.59 Å². The molecule has 0 aliphatic carbocycles. The van der Waals surface area contributed by atoms with E-state index in [9.17, 15) is 9.59 Å². The summed E-state index contributed by atoms with van der Waals surface area (Å²) in [7, 11) is 0. The van der Waals surface area contributed by atoms with Gasteiger partial charge >= 0.3 is 0 Å². The van der Waals surface area contributed by atoms with Crippen LogP contribution in [0.2, 0.25) is 0 Å². The number of rotatable bonds is 4. The number of Topliss-reactive ketones (excluding diaryl/α,β-unsaturated/α-hetero) is 1. The molecule has 0 unspecified atom stereocenters. The van der Waals surface area contributed by atoms with Crippen molar-refractivity contribution in [3.8, 4) is 0 Å². The number of hydrogen-bond donors (Lipinski definition) is 0. The zero-order chi connectivity index (χ0) is 13.0. The molecule has 0 atom stereocenters. The maximum absolute atomic E-state index is 12.4. The summed E-state index contributed by atoms with van der Waals surface area (Å²) in [5.41, 5.74) is 1.98. The molecule has 0 spiro atoms. The summed E-state index contributed by atoms with van der Waals surface area (Å²) in [5.74, 6) is 0.310. The molecule has 2 rings (SSSR count). The number of benzene rings is 1. The van der Waals surface area contributed by atoms with Crippen LogP contribution in [0.5, 0.6) is 0 Å². The highest BCUT2D eigenvalue weighted by atomic mass is 16.2. The van der Waals surface area contributed by atoms with Gasteiger partial charge in [0.15, 0.2) is 0 Å². The van der Waals surface area contributed by atoms with Crippen molar-refractivity contribution in [1.29, 1.82) is 0 Å². The van der Waals surface area contributed by atoms with Gasteiger partial charge in [-0.2, -0.15) is 0 Å². The summed E-state index contributed by atoms with van der Waals surface area (Å²) in [6.07, 6.45) is 3.29. The molecular formula is C15H19NO2. The molecule has 1 amide bonds. The number of nitrogens with zero attached hydrogens (tertiary/aromatic N) is 1. The Morgan fingerprint density at radius 3 is 2.89 bits per heavy atom. The largest absolute Gasteiger partial charge is 0.339 e. The summed E-state index contributed by atoms with van der Waals surface area (Å²) in [5, 5.41) is 0. The van der Waals surface area contributed by atoms with E-state index in [1.807, 2.05) is 29.2 Å². The highest BCUT2D eigenvalue weighted by Crippen LogP contribution is 2.18. The molecular weight excluding hydrogens is 226 g/mol. The maximum Gasteiger partial charge on any atom is 0.254 e. The maximum atomic E-state index is 12.4. The fourth-order valence-electron chi connectivity index (χ4n) is 2.41. The first-order chi connectivity index (χ1) is 8.68. The third kappa shape index (κ3) is 2.97. The minimum absolute atomic E-state index is 0.117. The minimum atomic E-state index is 0.117. The topological polar surface area (TPSA) is 37.4 Å². The number of hydrogen-bond acceptors (Lipinski definition) is 2. The molecule has 0 N–H and O–H groups in total. The Morgan fingerprint density at radius 1 is 1.33 bits per heavy atom. The first-order valence-corrected chi connectivity index (χ1v) is 6.55. The zero-order valence-corrected chi connectivity index (χ0v) is 10.8. The summed E-state index contributed by atoms with van der Waals surface area (Å²) < 4.78 is 0. The van der Waals surface area contributed by atoms with Crippen LogP contribution in [0, 0.1) is 0 Å². The van der Waals surface area contributed by atoms with Crippen molar-refractivity contribution in [3.63, 3.8) is 0 Å². The van der Waals surface area contributed by atoms with Crippen LogP contribution in [0.1, 0.15) is 42.1 Å². The van der Waals surface area contributed by atoms with Crippen molar-refractivity contribution in [2.24, 2.45) is 0 Å². The van der Waals surface area contributed by atoms with E-state index < -0.39 is 0 Å². The Bertz CT molecular complexity index is 454. The van der Waals surface area contributed by atoms with Gasteiger partial charge in [-0.1, -0.05) is 18.2 Å². The minimum Gasteiger partial charge on any atom is -0.339 e. The Balaban J connectivity index is 2.06. The van der Waals surface area contributed by atoms with Gasteiger partial charge in [0, 0.05) is 25.1 Å². The van der Waals surface area contributed by atoms with Crippen LogP contribution >= 0.6 is 0 Å². The van der Waals surface area contributed by atoms with Crippen LogP contribution in [0.3, 0.4) is 0 Å². The van der Waals surface area contributed by atoms with Gasteiger partial charge in [0.25, 0.3) is 5.91 Å². The Hall–Kier alpha value is -1.64. The molecule has 1 aliphatic rings. The van der Waals surface area contributed by atoms with Gasteiger partial charge in [0.1, 0.15) is 5.78 Å². The first-order valence-electron chi connectivity index (χ1n) is 6.55. The lowest BCUT2D eigenvalue weighted by atomic mass is 10.0. The molecule has 0 saturated heterocycles. The van der Waals surface area contributed by atoms with Gasteiger partial charge in [-0.25, -0.2) is 0 Å². The van der Waals surface area contributed by atoms with Gasteiger partial charge in [-0.3, -0.25) is 4.79 Å². The lowest BCUT2D eigenvalue weighted by molar-refractivity contribution is -0.117. The summed E-state index contributed by atoms with van der Waals surface area (Å²) >= 11 is 0. The van der Waals surface area contributed by atoms with Crippen LogP contribution in [0.4, 0.5) is 0 Å². The molecule has 1 aromatic rings. The molecule has 1 aliphatic heterocycles. The Labute approximate surface area is 108 Å². The Morgan fingerprint density at radius 2 is 2.11 bits per heavy atom. The molecule has 0 radical (unpaired) electrons. The molecule has 0 bridgehead atoms. The zero-order valence-electron chi connectivity index (χ0n) is 10.8. The highest BCUT2D eigenvalue weighted by molar-refractivity contribution is 5.96. The van der Waals surface area contributed by atoms with Crippen molar-refractivity contribution in [3.05, 3.63) is 35.4 Å². The summed E-state index contributed by atoms with van der Waals surface area (Å²) in [6.45, 7) is 3.08. The molecule has 1 heterocycles. The molecule has 18 heavy (non-hydrogen) atoms. The fraction of sp³-hybridized carbons (Fsp3) is 0.467. The van der Waals surface area contributed by atoms with Gasteiger partial charge < -0.3 is 9.69 Å². The molecule has 96 valence electrons. The second-order valence-electron chi connectivity index (χ2n) is 4.86. The van der Waals surface area contributed by atoms with Crippen molar-refractivity contribution in [2.75, 3.05) is 13.1 Å². The van der Waals surface area contributed by atoms with Gasteiger partial charge in [0.2, 0.25) is 0 Å². The van der Waals surface area contributed by atoms with Gasteiger partial charge in [-0.05, 0) is 37.8 Å². The SMILES string of the molecule is CC(=O)CCCN1CCCc2ccccc2C1=O. The van der Waals surface area contributed by atoms with Crippen molar-refractivity contribution in [2.45, 2.75) is 32.6 Å². The smallest absolute Gasteiger partial charge is 0.254 e. The lowest BCUT2D eigenvalue weighted by Crippen LogP contribution is -2.32.